The minimum Gasteiger partial charge on any atom is -0.377 e. The highest BCUT2D eigenvalue weighted by atomic mass is 16.5. The molecule has 0 bridgehead atoms. The minimum atomic E-state index is 0.728. The average molecular weight is 290 g/mol. The topological polar surface area (TPSA) is 24.5 Å². The predicted octanol–water partition coefficient (Wildman–Crippen LogP) is 3.19. The highest BCUT2D eigenvalue weighted by Gasteiger charge is 2.19. The van der Waals surface area contributed by atoms with E-state index in [1.165, 1.54) is 36.9 Å². The van der Waals surface area contributed by atoms with Crippen molar-refractivity contribution < 1.29 is 4.74 Å². The molecule has 118 valence electrons. The fraction of sp³-hybridized carbons (Fsp3) is 0.667. The second-order valence-electron chi connectivity index (χ2n) is 6.06. The Balaban J connectivity index is 1.72. The first-order valence-corrected chi connectivity index (χ1v) is 8.36. The van der Waals surface area contributed by atoms with Gasteiger partial charge in [0.25, 0.3) is 0 Å². The number of nitrogens with zero attached hydrogens (tertiary/aromatic N) is 1. The molecular weight excluding hydrogens is 260 g/mol. The maximum Gasteiger partial charge on any atom is 0.0720 e. The average Bonchev–Trinajstić information content (AvgIpc) is 2.91. The van der Waals surface area contributed by atoms with Crippen LogP contribution in [-0.2, 0) is 17.9 Å². The van der Waals surface area contributed by atoms with Crippen molar-refractivity contribution in [1.82, 2.24) is 10.2 Å². The van der Waals surface area contributed by atoms with Crippen molar-refractivity contribution in [2.24, 2.45) is 0 Å². The smallest absolute Gasteiger partial charge is 0.0720 e. The fourth-order valence-electron chi connectivity index (χ4n) is 3.02. The largest absolute Gasteiger partial charge is 0.377 e. The van der Waals surface area contributed by atoms with E-state index in [1.807, 2.05) is 0 Å². The Kier molecular flexibility index (Phi) is 7.20. The maximum absolute atomic E-state index is 5.92. The fourth-order valence-corrected chi connectivity index (χ4v) is 3.02. The highest BCUT2D eigenvalue weighted by Crippen LogP contribution is 2.18. The van der Waals surface area contributed by atoms with Crippen LogP contribution in [0.5, 0.6) is 0 Å². The normalized spacial score (nSPS) is 19.2. The molecule has 1 aliphatic rings. The molecule has 1 aliphatic heterocycles. The Labute approximate surface area is 129 Å². The third-order valence-corrected chi connectivity index (χ3v) is 4.39. The van der Waals surface area contributed by atoms with Crippen LogP contribution in [0, 0.1) is 0 Å². The molecule has 1 aromatic rings. The van der Waals surface area contributed by atoms with E-state index in [-0.39, 0.29) is 0 Å². The monoisotopic (exact) mass is 290 g/mol. The molecule has 0 aromatic heterocycles. The molecule has 1 heterocycles. The Morgan fingerprint density at radius 2 is 2.10 bits per heavy atom. The summed E-state index contributed by atoms with van der Waals surface area (Å²) in [6.45, 7) is 7.06. The van der Waals surface area contributed by atoms with Crippen LogP contribution < -0.4 is 5.32 Å². The van der Waals surface area contributed by atoms with E-state index in [2.05, 4.69) is 48.5 Å². The van der Waals surface area contributed by atoms with E-state index in [4.69, 9.17) is 4.74 Å². The van der Waals surface area contributed by atoms with Gasteiger partial charge in [-0.25, -0.2) is 0 Å². The first-order chi connectivity index (χ1) is 10.3. The van der Waals surface area contributed by atoms with Gasteiger partial charge in [-0.05, 0) is 56.9 Å². The molecule has 3 heteroatoms. The lowest BCUT2D eigenvalue weighted by Crippen LogP contribution is -2.26. The van der Waals surface area contributed by atoms with Crippen LogP contribution in [0.15, 0.2) is 24.3 Å². The number of hydrogen-bond donors (Lipinski definition) is 1. The van der Waals surface area contributed by atoms with E-state index in [0.717, 1.165) is 38.8 Å². The van der Waals surface area contributed by atoms with Crippen molar-refractivity contribution in [2.45, 2.75) is 51.8 Å². The Hall–Kier alpha value is -0.900. The molecule has 0 spiro atoms. The lowest BCUT2D eigenvalue weighted by molar-refractivity contribution is 0.101. The minimum absolute atomic E-state index is 0.728. The van der Waals surface area contributed by atoms with Crippen molar-refractivity contribution in [1.29, 1.82) is 0 Å². The lowest BCUT2D eigenvalue weighted by Gasteiger charge is -2.19. The standard InChI is InChI=1S/C18H30N2O/c1-3-11-19-14-16-7-4-5-8-17(16)15-21-13-10-18-9-6-12-20(18)2/h4-5,7-8,18-19H,3,6,9-15H2,1-2H3. The van der Waals surface area contributed by atoms with E-state index in [1.54, 1.807) is 0 Å². The van der Waals surface area contributed by atoms with E-state index in [0.29, 0.717) is 0 Å². The van der Waals surface area contributed by atoms with E-state index in [9.17, 15) is 0 Å². The molecule has 3 nitrogen and oxygen atoms in total. The summed E-state index contributed by atoms with van der Waals surface area (Å²) in [6, 6.07) is 9.33. The van der Waals surface area contributed by atoms with Gasteiger partial charge in [-0.15, -0.1) is 0 Å². The number of benzene rings is 1. The number of ether oxygens (including phenoxy) is 1. The Morgan fingerprint density at radius 3 is 2.81 bits per heavy atom. The van der Waals surface area contributed by atoms with E-state index >= 15 is 0 Å². The molecule has 0 aliphatic carbocycles. The lowest BCUT2D eigenvalue weighted by atomic mass is 10.1. The molecule has 1 atom stereocenters. The quantitative estimate of drug-likeness (QED) is 0.707. The third kappa shape index (κ3) is 5.42. The van der Waals surface area contributed by atoms with Crippen LogP contribution in [0.4, 0.5) is 0 Å². The van der Waals surface area contributed by atoms with Crippen LogP contribution in [0.1, 0.15) is 43.7 Å². The van der Waals surface area contributed by atoms with Crippen LogP contribution >= 0.6 is 0 Å². The zero-order valence-electron chi connectivity index (χ0n) is 13.6. The van der Waals surface area contributed by atoms with Crippen LogP contribution in [-0.4, -0.2) is 37.7 Å². The number of hydrogen-bond acceptors (Lipinski definition) is 3. The van der Waals surface area contributed by atoms with E-state index < -0.39 is 0 Å². The van der Waals surface area contributed by atoms with Gasteiger partial charge in [0.15, 0.2) is 0 Å². The van der Waals surface area contributed by atoms with Gasteiger partial charge in [-0.1, -0.05) is 31.2 Å². The molecule has 0 radical (unpaired) electrons. The van der Waals surface area contributed by atoms with Crippen LogP contribution in [0.25, 0.3) is 0 Å². The molecule has 1 saturated heterocycles. The predicted molar refractivity (Wildman–Crippen MR) is 88.4 cm³/mol. The van der Waals surface area contributed by atoms with Crippen molar-refractivity contribution in [3.05, 3.63) is 35.4 Å². The van der Waals surface area contributed by atoms with Crippen LogP contribution in [0.3, 0.4) is 0 Å². The molecule has 1 aromatic carbocycles. The third-order valence-electron chi connectivity index (χ3n) is 4.39. The number of rotatable bonds is 9. The molecule has 1 N–H and O–H groups in total. The second-order valence-corrected chi connectivity index (χ2v) is 6.06. The van der Waals surface area contributed by atoms with Crippen molar-refractivity contribution in [2.75, 3.05) is 26.7 Å². The SMILES string of the molecule is CCCNCc1ccccc1COCCC1CCCN1C. The summed E-state index contributed by atoms with van der Waals surface area (Å²) in [6.07, 6.45) is 5.00. The Bertz CT molecular complexity index is 408. The van der Waals surface area contributed by atoms with Gasteiger partial charge in [0.1, 0.15) is 0 Å². The maximum atomic E-state index is 5.92. The highest BCUT2D eigenvalue weighted by molar-refractivity contribution is 5.26. The van der Waals surface area contributed by atoms with Gasteiger partial charge in [0.05, 0.1) is 6.61 Å². The van der Waals surface area contributed by atoms with Gasteiger partial charge in [-0.2, -0.15) is 0 Å². The first-order valence-electron chi connectivity index (χ1n) is 8.36. The van der Waals surface area contributed by atoms with Crippen LogP contribution in [0.2, 0.25) is 0 Å². The first kappa shape index (κ1) is 16.5. The molecule has 2 rings (SSSR count). The Morgan fingerprint density at radius 1 is 1.29 bits per heavy atom. The molecule has 1 fully saturated rings. The molecule has 1 unspecified atom stereocenters. The summed E-state index contributed by atoms with van der Waals surface area (Å²) < 4.78 is 5.92. The zero-order valence-corrected chi connectivity index (χ0v) is 13.6. The summed E-state index contributed by atoms with van der Waals surface area (Å²) in [5.41, 5.74) is 2.69. The molecule has 0 amide bonds. The van der Waals surface area contributed by atoms with Gasteiger partial charge >= 0.3 is 0 Å². The molecule has 21 heavy (non-hydrogen) atoms. The number of likely N-dealkylation sites (tertiary alicyclic amines) is 1. The second kappa shape index (κ2) is 9.19. The van der Waals surface area contributed by atoms with Gasteiger partial charge in [0, 0.05) is 19.2 Å². The summed E-state index contributed by atoms with van der Waals surface area (Å²) in [4.78, 5) is 2.46. The number of nitrogens with one attached hydrogen (secondary N) is 1. The molecule has 0 saturated carbocycles. The van der Waals surface area contributed by atoms with Gasteiger partial charge < -0.3 is 15.0 Å². The molecular formula is C18H30N2O. The summed E-state index contributed by atoms with van der Waals surface area (Å²) in [5.74, 6) is 0. The summed E-state index contributed by atoms with van der Waals surface area (Å²) in [5, 5.41) is 3.47. The van der Waals surface area contributed by atoms with Crippen molar-refractivity contribution in [3.63, 3.8) is 0 Å². The van der Waals surface area contributed by atoms with Gasteiger partial charge in [-0.3, -0.25) is 0 Å². The summed E-state index contributed by atoms with van der Waals surface area (Å²) >= 11 is 0. The van der Waals surface area contributed by atoms with Crippen molar-refractivity contribution in [3.8, 4) is 0 Å². The summed E-state index contributed by atoms with van der Waals surface area (Å²) in [7, 11) is 2.23. The van der Waals surface area contributed by atoms with Gasteiger partial charge in [0.2, 0.25) is 0 Å². The van der Waals surface area contributed by atoms with Crippen molar-refractivity contribution >= 4 is 0 Å². The zero-order chi connectivity index (χ0) is 14.9.